The number of aromatic amines is 1. The van der Waals surface area contributed by atoms with Crippen molar-refractivity contribution < 1.29 is 5.11 Å². The smallest absolute Gasteiger partial charge is 0.159 e. The second-order valence-corrected chi connectivity index (χ2v) is 6.66. The average molecular weight is 399 g/mol. The first-order valence-electron chi connectivity index (χ1n) is 9.42. The van der Waals surface area contributed by atoms with E-state index in [0.29, 0.717) is 12.2 Å². The van der Waals surface area contributed by atoms with E-state index >= 15 is 0 Å². The lowest BCUT2D eigenvalue weighted by atomic mass is 10.1. The second-order valence-electron chi connectivity index (χ2n) is 6.66. The molecule has 0 radical (unpaired) electrons. The number of rotatable bonds is 4. The minimum atomic E-state index is 0.708. The molecule has 0 aliphatic carbocycles. The zero-order valence-corrected chi connectivity index (χ0v) is 16.7. The Morgan fingerprint density at radius 1 is 0.967 bits per heavy atom. The van der Waals surface area contributed by atoms with E-state index in [1.165, 1.54) is 17.5 Å². The number of aromatic nitrogens is 6. The van der Waals surface area contributed by atoms with E-state index in [1.807, 2.05) is 18.2 Å². The Morgan fingerprint density at radius 3 is 2.73 bits per heavy atom. The van der Waals surface area contributed by atoms with Crippen LogP contribution in [-0.2, 0) is 6.54 Å². The first kappa shape index (κ1) is 19.4. The molecule has 5 rings (SSSR count). The molecule has 3 aromatic heterocycles. The van der Waals surface area contributed by atoms with Crippen molar-refractivity contribution in [1.29, 1.82) is 0 Å². The fraction of sp³-hybridized carbons (Fsp3) is 0.136. The van der Waals surface area contributed by atoms with Crippen LogP contribution >= 0.6 is 0 Å². The van der Waals surface area contributed by atoms with Crippen LogP contribution in [0.2, 0.25) is 0 Å². The van der Waals surface area contributed by atoms with Crippen LogP contribution in [0.4, 0.5) is 5.82 Å². The zero-order valence-electron chi connectivity index (χ0n) is 16.7. The zero-order chi connectivity index (χ0) is 20.9. The predicted octanol–water partition coefficient (Wildman–Crippen LogP) is 3.49. The third-order valence-corrected chi connectivity index (χ3v) is 4.62. The van der Waals surface area contributed by atoms with Gasteiger partial charge < -0.3 is 10.4 Å². The molecule has 8 nitrogen and oxygen atoms in total. The summed E-state index contributed by atoms with van der Waals surface area (Å²) in [5, 5.41) is 18.1. The highest BCUT2D eigenvalue weighted by Gasteiger charge is 2.09. The Balaban J connectivity index is 0.00000106. The van der Waals surface area contributed by atoms with Crippen molar-refractivity contribution >= 4 is 27.9 Å². The Bertz CT molecular complexity index is 1300. The van der Waals surface area contributed by atoms with Crippen LogP contribution < -0.4 is 5.32 Å². The topological polar surface area (TPSA) is 112 Å². The molecule has 0 fully saturated rings. The van der Waals surface area contributed by atoms with Gasteiger partial charge in [-0.2, -0.15) is 5.10 Å². The summed E-state index contributed by atoms with van der Waals surface area (Å²) in [5.41, 5.74) is 6.59. The van der Waals surface area contributed by atoms with Gasteiger partial charge in [-0.05, 0) is 24.6 Å². The summed E-state index contributed by atoms with van der Waals surface area (Å²) in [5.74, 6) is 0.751. The third kappa shape index (κ3) is 3.94. The summed E-state index contributed by atoms with van der Waals surface area (Å²) in [6.07, 6.45) is 5.03. The highest BCUT2D eigenvalue weighted by molar-refractivity contribution is 5.92. The number of nitrogens with zero attached hydrogens (tertiary/aromatic N) is 5. The number of nitrogens with one attached hydrogen (secondary N) is 2. The summed E-state index contributed by atoms with van der Waals surface area (Å²) < 4.78 is 0. The molecule has 0 aliphatic heterocycles. The molecule has 2 aromatic carbocycles. The number of benzene rings is 2. The summed E-state index contributed by atoms with van der Waals surface area (Å²) in [4.78, 5) is 17.8. The van der Waals surface area contributed by atoms with Crippen molar-refractivity contribution in [2.24, 2.45) is 0 Å². The number of aliphatic hydroxyl groups is 1. The molecule has 8 heteroatoms. The molecule has 3 heterocycles. The molecule has 0 spiro atoms. The summed E-state index contributed by atoms with van der Waals surface area (Å²) in [7, 11) is 1.00. The van der Waals surface area contributed by atoms with Gasteiger partial charge in [0.15, 0.2) is 5.65 Å². The maximum Gasteiger partial charge on any atom is 0.159 e. The Morgan fingerprint density at radius 2 is 1.87 bits per heavy atom. The van der Waals surface area contributed by atoms with E-state index in [9.17, 15) is 0 Å². The van der Waals surface area contributed by atoms with Gasteiger partial charge in [-0.15, -0.1) is 0 Å². The van der Waals surface area contributed by atoms with Gasteiger partial charge in [-0.25, -0.2) is 15.0 Å². The van der Waals surface area contributed by atoms with Gasteiger partial charge in [0.2, 0.25) is 0 Å². The van der Waals surface area contributed by atoms with Crippen LogP contribution in [0, 0.1) is 6.92 Å². The molecule has 0 unspecified atom stereocenters. The number of H-pyrrole nitrogens is 1. The molecule has 0 saturated carbocycles. The van der Waals surface area contributed by atoms with Gasteiger partial charge in [0.1, 0.15) is 12.1 Å². The highest BCUT2D eigenvalue weighted by Crippen LogP contribution is 2.26. The van der Waals surface area contributed by atoms with Crippen molar-refractivity contribution in [1.82, 2.24) is 30.1 Å². The molecule has 0 bridgehead atoms. The molecule has 3 N–H and O–H groups in total. The molecule has 30 heavy (non-hydrogen) atoms. The Hall–Kier alpha value is -3.91. The maximum atomic E-state index is 7.00. The normalized spacial score (nSPS) is 10.6. The number of hydrogen-bond acceptors (Lipinski definition) is 7. The second kappa shape index (κ2) is 8.62. The SMILES string of the molecule is CO.Cc1cccc(CNc2cnc3cc(-c4ncnc5[nH]ncc45)ccc3n2)c1. The number of fused-ring (bicyclic) bond motifs is 2. The van der Waals surface area contributed by atoms with Crippen LogP contribution in [0.3, 0.4) is 0 Å². The van der Waals surface area contributed by atoms with Crippen molar-refractivity contribution in [3.8, 4) is 11.3 Å². The van der Waals surface area contributed by atoms with E-state index in [4.69, 9.17) is 5.11 Å². The fourth-order valence-electron chi connectivity index (χ4n) is 3.25. The quantitative estimate of drug-likeness (QED) is 0.424. The molecule has 0 amide bonds. The van der Waals surface area contributed by atoms with Crippen LogP contribution in [0.25, 0.3) is 33.3 Å². The molecule has 0 atom stereocenters. The van der Waals surface area contributed by atoms with Crippen LogP contribution in [0.1, 0.15) is 11.1 Å². The van der Waals surface area contributed by atoms with E-state index in [0.717, 1.165) is 40.6 Å². The number of hydrogen-bond donors (Lipinski definition) is 3. The Labute approximate surface area is 173 Å². The van der Waals surface area contributed by atoms with E-state index in [1.54, 1.807) is 12.4 Å². The lowest BCUT2D eigenvalue weighted by molar-refractivity contribution is 0.399. The molecule has 150 valence electrons. The predicted molar refractivity (Wildman–Crippen MR) is 117 cm³/mol. The molecule has 5 aromatic rings. The first-order valence-corrected chi connectivity index (χ1v) is 9.42. The van der Waals surface area contributed by atoms with Crippen molar-refractivity contribution in [2.45, 2.75) is 13.5 Å². The van der Waals surface area contributed by atoms with Crippen LogP contribution in [0.5, 0.6) is 0 Å². The monoisotopic (exact) mass is 399 g/mol. The molecule has 0 saturated heterocycles. The van der Waals surface area contributed by atoms with E-state index < -0.39 is 0 Å². The van der Waals surface area contributed by atoms with Gasteiger partial charge in [0.05, 0.1) is 34.5 Å². The molecular formula is C22H21N7O. The summed E-state index contributed by atoms with van der Waals surface area (Å²) in [6.45, 7) is 2.80. The number of anilines is 1. The number of aliphatic hydroxyl groups excluding tert-OH is 1. The standard InChI is InChI=1S/C21H17N7.CH4O/c1-13-3-2-4-14(7-13)9-23-19-11-22-18-8-15(5-6-17(18)27-19)20-16-10-26-28-21(16)25-12-24-20;1-2/h2-8,10-12H,9H2,1H3,(H,23,27)(H,24,25,26,28);2H,1H3. The largest absolute Gasteiger partial charge is 0.400 e. The Kier molecular flexibility index (Phi) is 5.58. The molecular weight excluding hydrogens is 378 g/mol. The van der Waals surface area contributed by atoms with Gasteiger partial charge in [0, 0.05) is 19.2 Å². The van der Waals surface area contributed by atoms with E-state index in [2.05, 4.69) is 66.6 Å². The van der Waals surface area contributed by atoms with Gasteiger partial charge in [0.25, 0.3) is 0 Å². The van der Waals surface area contributed by atoms with Gasteiger partial charge >= 0.3 is 0 Å². The minimum absolute atomic E-state index is 0.708. The summed E-state index contributed by atoms with van der Waals surface area (Å²) >= 11 is 0. The third-order valence-electron chi connectivity index (χ3n) is 4.62. The van der Waals surface area contributed by atoms with E-state index in [-0.39, 0.29) is 0 Å². The average Bonchev–Trinajstić information content (AvgIpc) is 3.28. The lowest BCUT2D eigenvalue weighted by Crippen LogP contribution is -2.02. The fourth-order valence-corrected chi connectivity index (χ4v) is 3.25. The van der Waals surface area contributed by atoms with Crippen LogP contribution in [-0.4, -0.2) is 42.3 Å². The van der Waals surface area contributed by atoms with Crippen molar-refractivity contribution in [3.63, 3.8) is 0 Å². The summed E-state index contributed by atoms with van der Waals surface area (Å²) in [6, 6.07) is 14.3. The lowest BCUT2D eigenvalue weighted by Gasteiger charge is -2.08. The first-order chi connectivity index (χ1) is 14.8. The molecule has 0 aliphatic rings. The van der Waals surface area contributed by atoms with Crippen molar-refractivity contribution in [3.05, 3.63) is 72.3 Å². The number of aryl methyl sites for hydroxylation is 1. The van der Waals surface area contributed by atoms with Crippen molar-refractivity contribution in [2.75, 3.05) is 12.4 Å². The van der Waals surface area contributed by atoms with Gasteiger partial charge in [-0.3, -0.25) is 10.1 Å². The minimum Gasteiger partial charge on any atom is -0.400 e. The van der Waals surface area contributed by atoms with Gasteiger partial charge in [-0.1, -0.05) is 35.9 Å². The highest BCUT2D eigenvalue weighted by atomic mass is 16.2. The van der Waals surface area contributed by atoms with Crippen LogP contribution in [0.15, 0.2) is 61.2 Å². The maximum absolute atomic E-state index is 7.00.